The third kappa shape index (κ3) is 1.79. The Morgan fingerprint density at radius 3 is 2.29 bits per heavy atom. The van der Waals surface area contributed by atoms with Gasteiger partial charge in [-0.25, -0.2) is 0 Å². The molecule has 1 atom stereocenters. The molecule has 1 aromatic rings. The van der Waals surface area contributed by atoms with Crippen molar-refractivity contribution in [3.8, 4) is 0 Å². The molecule has 1 aromatic heterocycles. The number of aliphatic hydroxyl groups is 1. The smallest absolute Gasteiger partial charge is 0.425 e. The van der Waals surface area contributed by atoms with Gasteiger partial charge in [-0.1, -0.05) is 0 Å². The molecule has 1 heterocycles. The minimum atomic E-state index is -4.86. The van der Waals surface area contributed by atoms with Crippen LogP contribution in [0.2, 0.25) is 0 Å². The van der Waals surface area contributed by atoms with Crippen molar-refractivity contribution in [2.24, 2.45) is 5.73 Å². The zero-order valence-electron chi connectivity index (χ0n) is 6.81. The van der Waals surface area contributed by atoms with Crippen molar-refractivity contribution in [2.45, 2.75) is 11.8 Å². The van der Waals surface area contributed by atoms with Crippen molar-refractivity contribution in [3.63, 3.8) is 0 Å². The third-order valence-corrected chi connectivity index (χ3v) is 2.17. The lowest BCUT2D eigenvalue weighted by molar-refractivity contribution is -0.268. The Bertz CT molecular complexity index is 325. The van der Waals surface area contributed by atoms with Crippen molar-refractivity contribution >= 4 is 15.9 Å². The number of halogens is 4. The van der Waals surface area contributed by atoms with E-state index in [1.807, 2.05) is 0 Å². The van der Waals surface area contributed by atoms with Gasteiger partial charge in [0.05, 0.1) is 0 Å². The summed E-state index contributed by atoms with van der Waals surface area (Å²) >= 11 is 2.83. The van der Waals surface area contributed by atoms with E-state index in [4.69, 9.17) is 5.73 Å². The lowest BCUT2D eigenvalue weighted by atomic mass is 10.0. The minimum Gasteiger partial charge on any atom is -0.451 e. The van der Waals surface area contributed by atoms with Crippen LogP contribution in [0.1, 0.15) is 5.76 Å². The van der Waals surface area contributed by atoms with Crippen LogP contribution >= 0.6 is 15.9 Å². The molecule has 1 rings (SSSR count). The maximum atomic E-state index is 12.4. The number of hydrogen-bond acceptors (Lipinski definition) is 3. The number of furan rings is 1. The molecule has 7 heteroatoms. The highest BCUT2D eigenvalue weighted by molar-refractivity contribution is 9.10. The largest absolute Gasteiger partial charge is 0.451 e. The van der Waals surface area contributed by atoms with Crippen molar-refractivity contribution in [1.29, 1.82) is 0 Å². The molecule has 0 bridgehead atoms. The highest BCUT2D eigenvalue weighted by Gasteiger charge is 2.56. The van der Waals surface area contributed by atoms with E-state index in [9.17, 15) is 18.3 Å². The molecule has 3 N–H and O–H groups in total. The first-order valence-corrected chi connectivity index (χ1v) is 4.35. The fourth-order valence-electron chi connectivity index (χ4n) is 0.893. The van der Waals surface area contributed by atoms with E-state index in [2.05, 4.69) is 20.3 Å². The monoisotopic (exact) mass is 273 g/mol. The lowest BCUT2D eigenvalue weighted by Gasteiger charge is -2.26. The average Bonchev–Trinajstić information content (AvgIpc) is 2.48. The molecular formula is C7H7BrF3NO2. The van der Waals surface area contributed by atoms with Gasteiger partial charge in [0.25, 0.3) is 0 Å². The van der Waals surface area contributed by atoms with E-state index in [1.165, 1.54) is 6.07 Å². The second-order valence-corrected chi connectivity index (χ2v) is 3.45. The summed E-state index contributed by atoms with van der Waals surface area (Å²) in [5, 5.41) is 9.28. The van der Waals surface area contributed by atoms with E-state index >= 15 is 0 Å². The Balaban J connectivity index is 3.14. The Kier molecular flexibility index (Phi) is 2.93. The highest BCUT2D eigenvalue weighted by atomic mass is 79.9. The third-order valence-electron chi connectivity index (χ3n) is 1.75. The van der Waals surface area contributed by atoms with Crippen LogP contribution in [-0.2, 0) is 5.60 Å². The van der Waals surface area contributed by atoms with Gasteiger partial charge < -0.3 is 15.3 Å². The van der Waals surface area contributed by atoms with E-state index in [-0.39, 0.29) is 4.67 Å². The molecule has 0 radical (unpaired) electrons. The summed E-state index contributed by atoms with van der Waals surface area (Å²) in [4.78, 5) is 0. The second kappa shape index (κ2) is 3.56. The van der Waals surface area contributed by atoms with Crippen molar-refractivity contribution in [2.75, 3.05) is 6.54 Å². The van der Waals surface area contributed by atoms with Gasteiger partial charge in [-0.2, -0.15) is 13.2 Å². The zero-order valence-corrected chi connectivity index (χ0v) is 8.39. The second-order valence-electron chi connectivity index (χ2n) is 2.67. The minimum absolute atomic E-state index is 0.101. The predicted molar refractivity (Wildman–Crippen MR) is 45.4 cm³/mol. The Morgan fingerprint density at radius 1 is 1.43 bits per heavy atom. The Labute approximate surface area is 85.8 Å². The summed E-state index contributed by atoms with van der Waals surface area (Å²) in [5.41, 5.74) is 1.76. The molecule has 0 saturated carbocycles. The van der Waals surface area contributed by atoms with Crippen LogP contribution in [0.15, 0.2) is 21.2 Å². The van der Waals surface area contributed by atoms with Crippen LogP contribution in [0.4, 0.5) is 13.2 Å². The topological polar surface area (TPSA) is 59.4 Å². The van der Waals surface area contributed by atoms with Gasteiger partial charge in [0, 0.05) is 6.54 Å². The van der Waals surface area contributed by atoms with Crippen LogP contribution in [0.3, 0.4) is 0 Å². The standard InChI is InChI=1S/C7H7BrF3NO2/c8-5-2-1-4(14-5)6(13,3-12)7(9,10)11/h1-2,13H,3,12H2. The van der Waals surface area contributed by atoms with Crippen LogP contribution in [0.5, 0.6) is 0 Å². The van der Waals surface area contributed by atoms with E-state index in [0.29, 0.717) is 0 Å². The van der Waals surface area contributed by atoms with Gasteiger partial charge in [-0.05, 0) is 28.1 Å². The predicted octanol–water partition coefficient (Wildman–Crippen LogP) is 1.75. The molecule has 0 amide bonds. The molecule has 14 heavy (non-hydrogen) atoms. The van der Waals surface area contributed by atoms with E-state index < -0.39 is 24.1 Å². The summed E-state index contributed by atoms with van der Waals surface area (Å²) in [6.45, 7) is -0.990. The highest BCUT2D eigenvalue weighted by Crippen LogP contribution is 2.39. The molecule has 0 aliphatic carbocycles. The number of hydrogen-bond donors (Lipinski definition) is 2. The molecule has 80 valence electrons. The molecule has 1 unspecified atom stereocenters. The quantitative estimate of drug-likeness (QED) is 0.863. The molecule has 0 saturated heterocycles. The van der Waals surface area contributed by atoms with Crippen LogP contribution in [-0.4, -0.2) is 17.8 Å². The van der Waals surface area contributed by atoms with Crippen LogP contribution in [0.25, 0.3) is 0 Å². The normalized spacial score (nSPS) is 16.7. The fraction of sp³-hybridized carbons (Fsp3) is 0.429. The number of nitrogens with two attached hydrogens (primary N) is 1. The van der Waals surface area contributed by atoms with Gasteiger partial charge in [-0.3, -0.25) is 0 Å². The fourth-order valence-corrected chi connectivity index (χ4v) is 1.20. The first kappa shape index (κ1) is 11.5. The maximum absolute atomic E-state index is 12.4. The molecule has 0 fully saturated rings. The van der Waals surface area contributed by atoms with Crippen molar-refractivity contribution in [1.82, 2.24) is 0 Å². The van der Waals surface area contributed by atoms with Gasteiger partial charge in [0.1, 0.15) is 5.76 Å². The maximum Gasteiger partial charge on any atom is 0.425 e. The van der Waals surface area contributed by atoms with Crippen LogP contribution in [0, 0.1) is 0 Å². The summed E-state index contributed by atoms with van der Waals surface area (Å²) in [6.07, 6.45) is -4.86. The molecule has 0 aliphatic heterocycles. The molecule has 0 spiro atoms. The van der Waals surface area contributed by atoms with E-state index in [1.54, 1.807) is 0 Å². The number of alkyl halides is 3. The summed E-state index contributed by atoms with van der Waals surface area (Å²) < 4.78 is 41.9. The summed E-state index contributed by atoms with van der Waals surface area (Å²) in [6, 6.07) is 2.27. The van der Waals surface area contributed by atoms with Gasteiger partial charge >= 0.3 is 6.18 Å². The molecular weight excluding hydrogens is 267 g/mol. The van der Waals surface area contributed by atoms with E-state index in [0.717, 1.165) is 6.07 Å². The van der Waals surface area contributed by atoms with Gasteiger partial charge in [0.2, 0.25) is 5.60 Å². The average molecular weight is 274 g/mol. The molecule has 0 aliphatic rings. The summed E-state index contributed by atoms with van der Waals surface area (Å²) in [7, 11) is 0. The Hall–Kier alpha value is -0.530. The lowest BCUT2D eigenvalue weighted by Crippen LogP contribution is -2.48. The van der Waals surface area contributed by atoms with Crippen molar-refractivity contribution < 1.29 is 22.7 Å². The summed E-state index contributed by atoms with van der Waals surface area (Å²) in [5.74, 6) is -0.626. The Morgan fingerprint density at radius 2 is 2.00 bits per heavy atom. The van der Waals surface area contributed by atoms with Gasteiger partial charge in [-0.15, -0.1) is 0 Å². The molecule has 0 aromatic carbocycles. The van der Waals surface area contributed by atoms with Crippen molar-refractivity contribution in [3.05, 3.63) is 22.6 Å². The van der Waals surface area contributed by atoms with Gasteiger partial charge in [0.15, 0.2) is 4.67 Å². The first-order chi connectivity index (χ1) is 6.31. The zero-order chi connectivity index (χ0) is 11.0. The molecule has 3 nitrogen and oxygen atoms in total. The SMILES string of the molecule is NCC(O)(c1ccc(Br)o1)C(F)(F)F. The number of rotatable bonds is 2. The first-order valence-electron chi connectivity index (χ1n) is 3.56. The van der Waals surface area contributed by atoms with Crippen LogP contribution < -0.4 is 5.73 Å².